The van der Waals surface area contributed by atoms with Crippen molar-refractivity contribution in [2.45, 2.75) is 13.3 Å². The molecule has 26 heavy (non-hydrogen) atoms. The summed E-state index contributed by atoms with van der Waals surface area (Å²) in [4.78, 5) is 24.8. The van der Waals surface area contributed by atoms with Crippen LogP contribution in [0.2, 0.25) is 0 Å². The number of fused-ring (bicyclic) bond motifs is 1. The molecule has 0 bridgehead atoms. The highest BCUT2D eigenvalue weighted by Gasteiger charge is 2.22. The van der Waals surface area contributed by atoms with Crippen LogP contribution in [0.5, 0.6) is 0 Å². The number of aromatic nitrogens is 2. The molecule has 1 amide bonds. The summed E-state index contributed by atoms with van der Waals surface area (Å²) >= 11 is 0. The van der Waals surface area contributed by atoms with Crippen molar-refractivity contribution in [3.63, 3.8) is 0 Å². The fraction of sp³-hybridized carbons (Fsp3) is 0.250. The van der Waals surface area contributed by atoms with E-state index in [1.54, 1.807) is 6.92 Å². The maximum Gasteiger partial charge on any atom is 0.311 e. The highest BCUT2D eigenvalue weighted by Crippen LogP contribution is 2.15. The lowest BCUT2D eigenvalue weighted by Crippen LogP contribution is -2.35. The summed E-state index contributed by atoms with van der Waals surface area (Å²) in [6, 6.07) is 17.1. The van der Waals surface area contributed by atoms with Crippen LogP contribution in [0.1, 0.15) is 23.0 Å². The summed E-state index contributed by atoms with van der Waals surface area (Å²) in [7, 11) is 0. The number of hydrogen-bond acceptors (Lipinski definition) is 4. The number of aromatic amines is 1. The van der Waals surface area contributed by atoms with Gasteiger partial charge in [-0.3, -0.25) is 14.7 Å². The number of amides is 1. The van der Waals surface area contributed by atoms with Gasteiger partial charge in [-0.1, -0.05) is 48.5 Å². The Morgan fingerprint density at radius 3 is 2.62 bits per heavy atom. The van der Waals surface area contributed by atoms with Crippen molar-refractivity contribution < 1.29 is 14.3 Å². The van der Waals surface area contributed by atoms with Gasteiger partial charge in [0.25, 0.3) is 5.91 Å². The van der Waals surface area contributed by atoms with Crippen molar-refractivity contribution >= 4 is 22.8 Å². The van der Waals surface area contributed by atoms with Crippen molar-refractivity contribution in [2.75, 3.05) is 13.2 Å². The van der Waals surface area contributed by atoms with E-state index in [-0.39, 0.29) is 18.4 Å². The summed E-state index contributed by atoms with van der Waals surface area (Å²) in [6.45, 7) is 2.27. The standard InChI is InChI=1S/C20H21N3O3/c1-2-26-20(25)15(12-14-8-4-3-5-9-14)13-21-19(24)18-16-10-6-7-11-17(16)22-23-18/h3-11,15H,2,12-13H2,1H3,(H,21,24)(H,22,23). The predicted molar refractivity (Wildman–Crippen MR) is 98.7 cm³/mol. The van der Waals surface area contributed by atoms with E-state index < -0.39 is 5.92 Å². The second kappa shape index (κ2) is 8.29. The van der Waals surface area contributed by atoms with Gasteiger partial charge in [0.05, 0.1) is 18.0 Å². The fourth-order valence-electron chi connectivity index (χ4n) is 2.83. The lowest BCUT2D eigenvalue weighted by atomic mass is 9.99. The number of ether oxygens (including phenoxy) is 1. The molecule has 0 saturated heterocycles. The predicted octanol–water partition coefficient (Wildman–Crippen LogP) is 2.71. The number of para-hydroxylation sites is 1. The van der Waals surface area contributed by atoms with Gasteiger partial charge in [-0.25, -0.2) is 0 Å². The first-order valence-corrected chi connectivity index (χ1v) is 8.61. The van der Waals surface area contributed by atoms with Crippen molar-refractivity contribution in [3.05, 3.63) is 65.9 Å². The molecule has 1 aromatic heterocycles. The maximum absolute atomic E-state index is 12.5. The Labute approximate surface area is 151 Å². The molecule has 1 heterocycles. The van der Waals surface area contributed by atoms with Gasteiger partial charge in [-0.15, -0.1) is 0 Å². The first kappa shape index (κ1) is 17.7. The Morgan fingerprint density at radius 2 is 1.85 bits per heavy atom. The maximum atomic E-state index is 12.5. The van der Waals surface area contributed by atoms with E-state index in [1.807, 2.05) is 54.6 Å². The molecule has 0 fully saturated rings. The van der Waals surface area contributed by atoms with E-state index in [1.165, 1.54) is 0 Å². The molecule has 134 valence electrons. The molecule has 0 spiro atoms. The number of benzene rings is 2. The van der Waals surface area contributed by atoms with E-state index in [0.29, 0.717) is 18.7 Å². The van der Waals surface area contributed by atoms with E-state index in [4.69, 9.17) is 4.74 Å². The molecule has 0 saturated carbocycles. The molecule has 1 atom stereocenters. The third kappa shape index (κ3) is 4.08. The summed E-state index contributed by atoms with van der Waals surface area (Å²) < 4.78 is 5.16. The van der Waals surface area contributed by atoms with Gasteiger partial charge in [0.2, 0.25) is 0 Å². The Bertz CT molecular complexity index is 889. The number of H-pyrrole nitrogens is 1. The van der Waals surface area contributed by atoms with E-state index >= 15 is 0 Å². The van der Waals surface area contributed by atoms with Crippen LogP contribution in [0.4, 0.5) is 0 Å². The number of nitrogens with zero attached hydrogens (tertiary/aromatic N) is 1. The molecule has 2 N–H and O–H groups in total. The zero-order valence-electron chi connectivity index (χ0n) is 14.6. The molecule has 0 aliphatic rings. The molecule has 3 aromatic rings. The molecule has 0 aliphatic heterocycles. The Hall–Kier alpha value is -3.15. The van der Waals surface area contributed by atoms with Crippen LogP contribution in [-0.4, -0.2) is 35.2 Å². The topological polar surface area (TPSA) is 84.1 Å². The largest absolute Gasteiger partial charge is 0.466 e. The number of nitrogens with one attached hydrogen (secondary N) is 2. The summed E-state index contributed by atoms with van der Waals surface area (Å²) in [6.07, 6.45) is 0.501. The Kier molecular flexibility index (Phi) is 5.63. The van der Waals surface area contributed by atoms with Gasteiger partial charge in [-0.2, -0.15) is 5.10 Å². The van der Waals surface area contributed by atoms with Crippen LogP contribution in [0.15, 0.2) is 54.6 Å². The average molecular weight is 351 g/mol. The first-order valence-electron chi connectivity index (χ1n) is 8.61. The molecule has 1 unspecified atom stereocenters. The van der Waals surface area contributed by atoms with Crippen molar-refractivity contribution in [1.82, 2.24) is 15.5 Å². The molecule has 0 radical (unpaired) electrons. The molecule has 3 rings (SSSR count). The molecule has 6 nitrogen and oxygen atoms in total. The summed E-state index contributed by atoms with van der Waals surface area (Å²) in [5.41, 5.74) is 2.14. The normalized spacial score (nSPS) is 11.9. The van der Waals surface area contributed by atoms with Crippen LogP contribution >= 0.6 is 0 Å². The third-order valence-corrected chi connectivity index (χ3v) is 4.14. The SMILES string of the molecule is CCOC(=O)C(CNC(=O)c1n[nH]c2ccccc12)Cc1ccccc1. The highest BCUT2D eigenvalue weighted by molar-refractivity contribution is 6.04. The van der Waals surface area contributed by atoms with Gasteiger partial charge in [0.15, 0.2) is 5.69 Å². The van der Waals surface area contributed by atoms with Crippen molar-refractivity contribution in [1.29, 1.82) is 0 Å². The first-order chi connectivity index (χ1) is 12.7. The average Bonchev–Trinajstić information content (AvgIpc) is 3.10. The minimum absolute atomic E-state index is 0.188. The number of carbonyl (C=O) groups excluding carboxylic acids is 2. The van der Waals surface area contributed by atoms with Gasteiger partial charge < -0.3 is 10.1 Å². The third-order valence-electron chi connectivity index (χ3n) is 4.14. The van der Waals surface area contributed by atoms with E-state index in [0.717, 1.165) is 16.5 Å². The van der Waals surface area contributed by atoms with Crippen LogP contribution in [0, 0.1) is 5.92 Å². The number of carbonyl (C=O) groups is 2. The van der Waals surface area contributed by atoms with E-state index in [2.05, 4.69) is 15.5 Å². The van der Waals surface area contributed by atoms with Gasteiger partial charge in [0.1, 0.15) is 0 Å². The quantitative estimate of drug-likeness (QED) is 0.641. The zero-order chi connectivity index (χ0) is 18.4. The lowest BCUT2D eigenvalue weighted by molar-refractivity contribution is -0.147. The van der Waals surface area contributed by atoms with Gasteiger partial charge in [-0.05, 0) is 25.0 Å². The molecular formula is C20H21N3O3. The fourth-order valence-corrected chi connectivity index (χ4v) is 2.83. The molecule has 2 aromatic carbocycles. The number of hydrogen-bond donors (Lipinski definition) is 2. The second-order valence-corrected chi connectivity index (χ2v) is 5.97. The van der Waals surface area contributed by atoms with Crippen LogP contribution in [-0.2, 0) is 16.0 Å². The minimum Gasteiger partial charge on any atom is -0.466 e. The van der Waals surface area contributed by atoms with Crippen LogP contribution < -0.4 is 5.32 Å². The number of rotatable bonds is 7. The zero-order valence-corrected chi connectivity index (χ0v) is 14.6. The molecular weight excluding hydrogens is 330 g/mol. The second-order valence-electron chi connectivity index (χ2n) is 5.97. The molecule has 6 heteroatoms. The van der Waals surface area contributed by atoms with E-state index in [9.17, 15) is 9.59 Å². The van der Waals surface area contributed by atoms with Crippen molar-refractivity contribution in [2.24, 2.45) is 5.92 Å². The molecule has 0 aliphatic carbocycles. The summed E-state index contributed by atoms with van der Waals surface area (Å²) in [5, 5.41) is 10.5. The monoisotopic (exact) mass is 351 g/mol. The lowest BCUT2D eigenvalue weighted by Gasteiger charge is -2.16. The highest BCUT2D eigenvalue weighted by atomic mass is 16.5. The summed E-state index contributed by atoms with van der Waals surface area (Å²) in [5.74, 6) is -1.08. The van der Waals surface area contributed by atoms with Crippen LogP contribution in [0.25, 0.3) is 10.9 Å². The Morgan fingerprint density at radius 1 is 1.12 bits per heavy atom. The number of esters is 1. The Balaban J connectivity index is 1.70. The minimum atomic E-state index is -0.452. The smallest absolute Gasteiger partial charge is 0.311 e. The van der Waals surface area contributed by atoms with Crippen LogP contribution in [0.3, 0.4) is 0 Å². The van der Waals surface area contributed by atoms with Gasteiger partial charge >= 0.3 is 5.97 Å². The van der Waals surface area contributed by atoms with Gasteiger partial charge in [0, 0.05) is 11.9 Å². The van der Waals surface area contributed by atoms with Crippen molar-refractivity contribution in [3.8, 4) is 0 Å².